The first-order chi connectivity index (χ1) is 14.0. The molecule has 0 saturated heterocycles. The predicted molar refractivity (Wildman–Crippen MR) is 113 cm³/mol. The van der Waals surface area contributed by atoms with Crippen LogP contribution in [0.15, 0.2) is 22.8 Å². The van der Waals surface area contributed by atoms with Crippen LogP contribution in [0, 0.1) is 13.8 Å². The Bertz CT molecular complexity index is 920. The van der Waals surface area contributed by atoms with E-state index in [9.17, 15) is 14.4 Å². The van der Waals surface area contributed by atoms with Crippen LogP contribution in [0.1, 0.15) is 65.6 Å². The molecule has 0 saturated carbocycles. The van der Waals surface area contributed by atoms with Gasteiger partial charge in [0.15, 0.2) is 5.78 Å². The van der Waals surface area contributed by atoms with E-state index in [4.69, 9.17) is 9.15 Å². The van der Waals surface area contributed by atoms with Crippen molar-refractivity contribution in [1.29, 1.82) is 0 Å². The van der Waals surface area contributed by atoms with Crippen LogP contribution >= 0.6 is 0 Å². The van der Waals surface area contributed by atoms with E-state index in [-0.39, 0.29) is 31.5 Å². The van der Waals surface area contributed by atoms with Crippen molar-refractivity contribution in [3.63, 3.8) is 0 Å². The zero-order valence-corrected chi connectivity index (χ0v) is 18.8. The van der Waals surface area contributed by atoms with E-state index in [0.717, 1.165) is 0 Å². The number of ether oxygens (including phenoxy) is 1. The van der Waals surface area contributed by atoms with Gasteiger partial charge in [0.25, 0.3) is 0 Å². The molecule has 164 valence electrons. The molecule has 0 bridgehead atoms. The topological polar surface area (TPSA) is 93.8 Å². The normalized spacial score (nSPS) is 11.3. The first kappa shape index (κ1) is 23.3. The Morgan fingerprint density at radius 2 is 1.90 bits per heavy atom. The van der Waals surface area contributed by atoms with Gasteiger partial charge in [-0.3, -0.25) is 4.79 Å². The SMILES string of the molecule is CCOC(=O)c1c(C)c(C(=O)CN(Cc2ccco2)C(=O)NC(C)(C)C)c(C)n1C. The van der Waals surface area contributed by atoms with Gasteiger partial charge in [-0.1, -0.05) is 0 Å². The summed E-state index contributed by atoms with van der Waals surface area (Å²) in [6.07, 6.45) is 1.52. The molecule has 8 nitrogen and oxygen atoms in total. The Labute approximate surface area is 177 Å². The van der Waals surface area contributed by atoms with E-state index in [0.29, 0.717) is 28.3 Å². The highest BCUT2D eigenvalue weighted by Gasteiger charge is 2.29. The number of carbonyl (C=O) groups is 3. The summed E-state index contributed by atoms with van der Waals surface area (Å²) in [6, 6.07) is 3.11. The minimum absolute atomic E-state index is 0.149. The molecule has 30 heavy (non-hydrogen) atoms. The number of nitrogens with zero attached hydrogens (tertiary/aromatic N) is 2. The Kier molecular flexibility index (Phi) is 7.12. The third kappa shape index (κ3) is 5.31. The average Bonchev–Trinajstić information content (AvgIpc) is 3.20. The van der Waals surface area contributed by atoms with E-state index in [1.807, 2.05) is 20.8 Å². The van der Waals surface area contributed by atoms with E-state index >= 15 is 0 Å². The summed E-state index contributed by atoms with van der Waals surface area (Å²) in [7, 11) is 1.72. The smallest absolute Gasteiger partial charge is 0.355 e. The molecule has 0 radical (unpaired) electrons. The van der Waals surface area contributed by atoms with Crippen molar-refractivity contribution in [2.24, 2.45) is 7.05 Å². The largest absolute Gasteiger partial charge is 0.467 e. The highest BCUT2D eigenvalue weighted by molar-refractivity contribution is 6.04. The Morgan fingerprint density at radius 1 is 1.23 bits per heavy atom. The summed E-state index contributed by atoms with van der Waals surface area (Å²) in [5.74, 6) is -0.162. The lowest BCUT2D eigenvalue weighted by atomic mass is 10.0. The molecule has 2 heterocycles. The van der Waals surface area contributed by atoms with Crippen LogP contribution in [0.4, 0.5) is 4.79 Å². The summed E-state index contributed by atoms with van der Waals surface area (Å²) in [6.45, 7) is 11.1. The number of hydrogen-bond donors (Lipinski definition) is 1. The molecular weight excluding hydrogens is 386 g/mol. The average molecular weight is 418 g/mol. The minimum atomic E-state index is -0.474. The van der Waals surface area contributed by atoms with Crippen LogP contribution in [0.25, 0.3) is 0 Å². The number of urea groups is 1. The summed E-state index contributed by atoms with van der Waals surface area (Å²) in [4.78, 5) is 39.8. The van der Waals surface area contributed by atoms with Gasteiger partial charge >= 0.3 is 12.0 Å². The number of Topliss-reactive ketones (excluding diaryl/α,β-unsaturated/α-hetero) is 1. The van der Waals surface area contributed by atoms with E-state index in [1.54, 1.807) is 44.5 Å². The van der Waals surface area contributed by atoms with Crippen LogP contribution in [0.3, 0.4) is 0 Å². The summed E-state index contributed by atoms with van der Waals surface area (Å²) < 4.78 is 12.1. The molecule has 0 aromatic carbocycles. The number of ketones is 1. The molecule has 0 aliphatic carbocycles. The molecule has 2 rings (SSSR count). The molecule has 0 atom stereocenters. The first-order valence-electron chi connectivity index (χ1n) is 9.92. The summed E-state index contributed by atoms with van der Waals surface area (Å²) in [5, 5.41) is 2.88. The molecule has 1 N–H and O–H groups in total. The zero-order valence-electron chi connectivity index (χ0n) is 18.8. The van der Waals surface area contributed by atoms with Crippen molar-refractivity contribution in [3.8, 4) is 0 Å². The quantitative estimate of drug-likeness (QED) is 0.549. The number of esters is 1. The fourth-order valence-electron chi connectivity index (χ4n) is 3.32. The maximum atomic E-state index is 13.2. The molecule has 8 heteroatoms. The third-order valence-corrected chi connectivity index (χ3v) is 4.71. The van der Waals surface area contributed by atoms with Crippen molar-refractivity contribution in [1.82, 2.24) is 14.8 Å². The van der Waals surface area contributed by atoms with E-state index < -0.39 is 11.5 Å². The molecule has 2 aromatic heterocycles. The fraction of sp³-hybridized carbons (Fsp3) is 0.500. The number of carbonyl (C=O) groups excluding carboxylic acids is 3. The molecule has 2 amide bonds. The fourth-order valence-corrected chi connectivity index (χ4v) is 3.32. The summed E-state index contributed by atoms with van der Waals surface area (Å²) in [5.41, 5.74) is 1.50. The number of aromatic nitrogens is 1. The molecule has 2 aromatic rings. The Balaban J connectivity index is 2.34. The third-order valence-electron chi connectivity index (χ3n) is 4.71. The van der Waals surface area contributed by atoms with Crippen LogP contribution in [0.5, 0.6) is 0 Å². The van der Waals surface area contributed by atoms with Gasteiger partial charge in [-0.2, -0.15) is 0 Å². The first-order valence-corrected chi connectivity index (χ1v) is 9.92. The summed E-state index contributed by atoms with van der Waals surface area (Å²) >= 11 is 0. The Hall–Kier alpha value is -3.03. The monoisotopic (exact) mass is 417 g/mol. The number of furan rings is 1. The number of rotatable bonds is 7. The molecule has 0 spiro atoms. The van der Waals surface area contributed by atoms with Gasteiger partial charge in [-0.15, -0.1) is 0 Å². The van der Waals surface area contributed by atoms with Gasteiger partial charge in [0.1, 0.15) is 11.5 Å². The minimum Gasteiger partial charge on any atom is -0.467 e. The van der Waals surface area contributed by atoms with Gasteiger partial charge in [0.05, 0.1) is 26.0 Å². The molecule has 0 aliphatic rings. The van der Waals surface area contributed by atoms with Crippen LogP contribution in [0.2, 0.25) is 0 Å². The second-order valence-electron chi connectivity index (χ2n) is 8.25. The van der Waals surface area contributed by atoms with Crippen molar-refractivity contribution in [3.05, 3.63) is 46.7 Å². The van der Waals surface area contributed by atoms with Gasteiger partial charge in [-0.05, 0) is 59.2 Å². The second kappa shape index (κ2) is 9.19. The lowest BCUT2D eigenvalue weighted by Crippen LogP contribution is -2.49. The van der Waals surface area contributed by atoms with Crippen LogP contribution < -0.4 is 5.32 Å². The highest BCUT2D eigenvalue weighted by atomic mass is 16.5. The van der Waals surface area contributed by atoms with Gasteiger partial charge in [0, 0.05) is 23.8 Å². The maximum absolute atomic E-state index is 13.2. The van der Waals surface area contributed by atoms with Crippen molar-refractivity contribution < 1.29 is 23.5 Å². The number of hydrogen-bond acceptors (Lipinski definition) is 5. The molecule has 0 fully saturated rings. The van der Waals surface area contributed by atoms with Crippen molar-refractivity contribution in [2.45, 2.75) is 53.6 Å². The van der Waals surface area contributed by atoms with Gasteiger partial charge < -0.3 is 23.9 Å². The van der Waals surface area contributed by atoms with Gasteiger partial charge in [-0.25, -0.2) is 9.59 Å². The maximum Gasteiger partial charge on any atom is 0.355 e. The van der Waals surface area contributed by atoms with Crippen molar-refractivity contribution >= 4 is 17.8 Å². The van der Waals surface area contributed by atoms with Gasteiger partial charge in [0.2, 0.25) is 0 Å². The zero-order chi connectivity index (χ0) is 22.6. The number of nitrogens with one attached hydrogen (secondary N) is 1. The number of amides is 2. The van der Waals surface area contributed by atoms with Crippen LogP contribution in [-0.4, -0.2) is 45.9 Å². The van der Waals surface area contributed by atoms with Crippen LogP contribution in [-0.2, 0) is 18.3 Å². The lowest BCUT2D eigenvalue weighted by Gasteiger charge is -2.27. The molecule has 0 unspecified atom stereocenters. The highest BCUT2D eigenvalue weighted by Crippen LogP contribution is 2.23. The second-order valence-corrected chi connectivity index (χ2v) is 8.25. The Morgan fingerprint density at radius 3 is 2.43 bits per heavy atom. The molecule has 0 aliphatic heterocycles. The lowest BCUT2D eigenvalue weighted by molar-refractivity contribution is 0.0514. The standard InChI is InChI=1S/C22H31N3O5/c1-8-29-20(27)19-14(2)18(15(3)24(19)7)17(26)13-25(12-16-10-9-11-30-16)21(28)23-22(4,5)6/h9-11H,8,12-13H2,1-7H3,(H,23,28). The molecular formula is C22H31N3O5. The van der Waals surface area contributed by atoms with E-state index in [2.05, 4.69) is 5.32 Å². The van der Waals surface area contributed by atoms with Crippen molar-refractivity contribution in [2.75, 3.05) is 13.2 Å². The van der Waals surface area contributed by atoms with E-state index in [1.165, 1.54) is 11.2 Å². The predicted octanol–water partition coefficient (Wildman–Crippen LogP) is 3.60.